The number of anilines is 2. The first-order chi connectivity index (χ1) is 19.1. The quantitative estimate of drug-likeness (QED) is 0.282. The molecule has 0 aromatic heterocycles. The molecule has 3 aromatic rings. The average molecular weight is 537 g/mol. The van der Waals surface area contributed by atoms with Crippen LogP contribution in [0.25, 0.3) is 5.57 Å². The van der Waals surface area contributed by atoms with Crippen molar-refractivity contribution in [2.24, 2.45) is 11.3 Å². The van der Waals surface area contributed by atoms with Gasteiger partial charge in [-0.25, -0.2) is 0 Å². The van der Waals surface area contributed by atoms with E-state index in [9.17, 15) is 14.4 Å². The fourth-order valence-electron chi connectivity index (χ4n) is 5.36. The average Bonchev–Trinajstić information content (AvgIpc) is 3.43. The molecule has 0 radical (unpaired) electrons. The molecule has 0 N–H and O–H groups in total. The number of hydrogen-bond acceptors (Lipinski definition) is 3. The third-order valence-corrected chi connectivity index (χ3v) is 7.70. The lowest BCUT2D eigenvalue weighted by molar-refractivity contribution is -0.145. The molecule has 1 unspecified atom stereocenters. The Bertz CT molecular complexity index is 1320. The molecule has 0 saturated carbocycles. The molecule has 3 aromatic carbocycles. The van der Waals surface area contributed by atoms with Gasteiger partial charge in [0.15, 0.2) is 5.78 Å². The molecule has 1 fully saturated rings. The van der Waals surface area contributed by atoms with Crippen molar-refractivity contribution in [3.8, 4) is 0 Å². The van der Waals surface area contributed by atoms with Gasteiger partial charge in [-0.3, -0.25) is 19.3 Å². The summed E-state index contributed by atoms with van der Waals surface area (Å²) in [5.41, 5.74) is 4.10. The molecule has 1 heterocycles. The van der Waals surface area contributed by atoms with E-state index in [2.05, 4.69) is 0 Å². The standard InChI is InChI=1S/C35H40N2O3/c1-25-18-20-27(21-19-25)26(2)23-30(38)24-31(35(3,4)5)33(39)36-22-12-17-32(36)34(40)37(28-13-8-6-9-14-28)29-15-10-7-11-16-29/h6-11,13-16,18-21,23,31-32H,12,17,22,24H2,1-5H3/b26-23+/t31-,32?/m1/s1. The molecular formula is C35H40N2O3. The van der Waals surface area contributed by atoms with Gasteiger partial charge in [0, 0.05) is 24.3 Å². The number of nitrogens with zero attached hydrogens (tertiary/aromatic N) is 2. The second-order valence-electron chi connectivity index (χ2n) is 11.8. The summed E-state index contributed by atoms with van der Waals surface area (Å²) in [5.74, 6) is -0.877. The lowest BCUT2D eigenvalue weighted by atomic mass is 9.76. The van der Waals surface area contributed by atoms with Gasteiger partial charge < -0.3 is 4.90 Å². The number of carbonyl (C=O) groups excluding carboxylic acids is 3. The van der Waals surface area contributed by atoms with Crippen molar-refractivity contribution in [1.82, 2.24) is 4.90 Å². The van der Waals surface area contributed by atoms with Crippen molar-refractivity contribution >= 4 is 34.5 Å². The molecule has 4 rings (SSSR count). The molecule has 1 aliphatic rings. The van der Waals surface area contributed by atoms with Crippen molar-refractivity contribution < 1.29 is 14.4 Å². The second kappa shape index (κ2) is 12.5. The summed E-state index contributed by atoms with van der Waals surface area (Å²) in [6.45, 7) is 10.4. The maximum atomic E-state index is 14.1. The normalized spacial score (nSPS) is 16.5. The fraction of sp³-hybridized carbons (Fsp3) is 0.343. The number of rotatable bonds is 8. The zero-order valence-electron chi connectivity index (χ0n) is 24.3. The Balaban J connectivity index is 1.58. The van der Waals surface area contributed by atoms with Crippen molar-refractivity contribution in [3.63, 3.8) is 0 Å². The number of likely N-dealkylation sites (tertiary alicyclic amines) is 1. The van der Waals surface area contributed by atoms with E-state index in [1.54, 1.807) is 15.9 Å². The van der Waals surface area contributed by atoms with E-state index >= 15 is 0 Å². The lowest BCUT2D eigenvalue weighted by Crippen LogP contribution is -2.50. The van der Waals surface area contributed by atoms with Gasteiger partial charge in [-0.1, -0.05) is 87.0 Å². The minimum absolute atomic E-state index is 0.0800. The van der Waals surface area contributed by atoms with Crippen LogP contribution in [0, 0.1) is 18.3 Å². The Kier molecular flexibility index (Phi) is 9.03. The van der Waals surface area contributed by atoms with Gasteiger partial charge >= 0.3 is 0 Å². The highest BCUT2D eigenvalue weighted by Gasteiger charge is 2.43. The topological polar surface area (TPSA) is 57.7 Å². The number of benzene rings is 3. The summed E-state index contributed by atoms with van der Waals surface area (Å²) < 4.78 is 0. The van der Waals surface area contributed by atoms with E-state index in [0.29, 0.717) is 13.0 Å². The Hall–Kier alpha value is -3.99. The number of amides is 2. The maximum Gasteiger partial charge on any atom is 0.254 e. The van der Waals surface area contributed by atoms with Crippen LogP contribution in [0.3, 0.4) is 0 Å². The van der Waals surface area contributed by atoms with Crippen LogP contribution in [0.1, 0.15) is 58.1 Å². The van der Waals surface area contributed by atoms with Crippen LogP contribution < -0.4 is 4.90 Å². The number of allylic oxidation sites excluding steroid dienone is 2. The molecule has 40 heavy (non-hydrogen) atoms. The van der Waals surface area contributed by atoms with Gasteiger partial charge in [-0.2, -0.15) is 0 Å². The van der Waals surface area contributed by atoms with Crippen LogP contribution >= 0.6 is 0 Å². The first kappa shape index (κ1) is 29.0. The summed E-state index contributed by atoms with van der Waals surface area (Å²) in [6, 6.07) is 26.6. The molecule has 0 spiro atoms. The predicted octanol–water partition coefficient (Wildman–Crippen LogP) is 7.38. The summed E-state index contributed by atoms with van der Waals surface area (Å²) in [6.07, 6.45) is 3.09. The zero-order chi connectivity index (χ0) is 28.9. The Morgan fingerprint density at radius 1 is 0.900 bits per heavy atom. The third kappa shape index (κ3) is 6.77. The van der Waals surface area contributed by atoms with Crippen molar-refractivity contribution in [2.75, 3.05) is 11.4 Å². The van der Waals surface area contributed by atoms with E-state index in [4.69, 9.17) is 0 Å². The molecule has 208 valence electrons. The molecule has 0 bridgehead atoms. The lowest BCUT2D eigenvalue weighted by Gasteiger charge is -2.36. The number of hydrogen-bond donors (Lipinski definition) is 0. The smallest absolute Gasteiger partial charge is 0.254 e. The SMILES string of the molecule is C/C(=C\C(=O)C[C@H](C(=O)N1CCCC1C(=O)N(c1ccccc1)c1ccccc1)C(C)(C)C)c1ccc(C)cc1. The number of ketones is 1. The first-order valence-corrected chi connectivity index (χ1v) is 14.1. The van der Waals surface area contributed by atoms with E-state index < -0.39 is 17.4 Å². The summed E-state index contributed by atoms with van der Waals surface area (Å²) in [7, 11) is 0. The Morgan fingerprint density at radius 3 is 1.98 bits per heavy atom. The first-order valence-electron chi connectivity index (χ1n) is 14.1. The van der Waals surface area contributed by atoms with E-state index in [-0.39, 0.29) is 24.0 Å². The third-order valence-electron chi connectivity index (χ3n) is 7.70. The fourth-order valence-corrected chi connectivity index (χ4v) is 5.36. The van der Waals surface area contributed by atoms with E-state index in [1.807, 2.05) is 120 Å². The van der Waals surface area contributed by atoms with Gasteiger partial charge in [0.05, 0.1) is 5.92 Å². The molecule has 0 aliphatic carbocycles. The highest BCUT2D eigenvalue weighted by atomic mass is 16.2. The molecule has 5 nitrogen and oxygen atoms in total. The van der Waals surface area contributed by atoms with Gasteiger partial charge in [0.1, 0.15) is 6.04 Å². The second-order valence-corrected chi connectivity index (χ2v) is 11.8. The minimum atomic E-state index is -0.585. The van der Waals surface area contributed by atoms with Crippen LogP contribution in [-0.2, 0) is 14.4 Å². The minimum Gasteiger partial charge on any atom is -0.330 e. The highest BCUT2D eigenvalue weighted by Crippen LogP contribution is 2.35. The van der Waals surface area contributed by atoms with Crippen LogP contribution in [0.2, 0.25) is 0 Å². The number of carbonyl (C=O) groups is 3. The molecular weight excluding hydrogens is 496 g/mol. The number of aryl methyl sites for hydroxylation is 1. The van der Waals surface area contributed by atoms with Crippen LogP contribution in [0.5, 0.6) is 0 Å². The summed E-state index contributed by atoms with van der Waals surface area (Å²) in [4.78, 5) is 44.9. The molecule has 2 atom stereocenters. The zero-order valence-corrected chi connectivity index (χ0v) is 24.3. The van der Waals surface area contributed by atoms with Crippen molar-refractivity contribution in [2.45, 2.75) is 59.9 Å². The van der Waals surface area contributed by atoms with Gasteiger partial charge in [0.2, 0.25) is 5.91 Å². The van der Waals surface area contributed by atoms with Gasteiger partial charge in [-0.15, -0.1) is 0 Å². The molecule has 1 saturated heterocycles. The largest absolute Gasteiger partial charge is 0.330 e. The van der Waals surface area contributed by atoms with Crippen molar-refractivity contribution in [3.05, 3.63) is 102 Å². The van der Waals surface area contributed by atoms with E-state index in [0.717, 1.165) is 34.5 Å². The Morgan fingerprint density at radius 2 is 1.45 bits per heavy atom. The maximum absolute atomic E-state index is 14.1. The van der Waals surface area contributed by atoms with Crippen LogP contribution in [-0.4, -0.2) is 35.1 Å². The Labute approximate surface area is 238 Å². The molecule has 1 aliphatic heterocycles. The van der Waals surface area contributed by atoms with Crippen LogP contribution in [0.15, 0.2) is 91.0 Å². The van der Waals surface area contributed by atoms with E-state index in [1.165, 1.54) is 0 Å². The summed E-state index contributed by atoms with van der Waals surface area (Å²) >= 11 is 0. The molecule has 5 heteroatoms. The number of para-hydroxylation sites is 2. The van der Waals surface area contributed by atoms with Gasteiger partial charge in [-0.05, 0) is 73.6 Å². The molecule has 2 amide bonds. The predicted molar refractivity (Wildman–Crippen MR) is 162 cm³/mol. The highest BCUT2D eigenvalue weighted by molar-refractivity contribution is 6.05. The van der Waals surface area contributed by atoms with Crippen LogP contribution in [0.4, 0.5) is 11.4 Å². The van der Waals surface area contributed by atoms with Crippen molar-refractivity contribution in [1.29, 1.82) is 0 Å². The monoisotopic (exact) mass is 536 g/mol. The summed E-state index contributed by atoms with van der Waals surface area (Å²) in [5, 5.41) is 0. The van der Waals surface area contributed by atoms with Gasteiger partial charge in [0.25, 0.3) is 5.91 Å².